The molecule has 0 aliphatic carbocycles. The Kier molecular flexibility index (Phi) is 65.5. The maximum atomic E-state index is 12.9. The predicted molar refractivity (Wildman–Crippen MR) is 369 cm³/mol. The van der Waals surface area contributed by atoms with E-state index in [0.29, 0.717) is 23.9 Å². The van der Waals surface area contributed by atoms with Gasteiger partial charge in [-0.1, -0.05) is 344 Å². The molecule has 86 heavy (non-hydrogen) atoms. The Morgan fingerprint density at radius 1 is 0.360 bits per heavy atom. The fourth-order valence-corrected chi connectivity index (χ4v) is 10.9. The standard InChI is InChI=1S/C77H141NO8/c1-6-8-10-12-14-16-18-20-22-24-26-28-29-30-31-32-33-34-35-36-37-38-39-40-41-42-43-44-45-46-48-49-51-53-55-57-59-61-63-65-67-74(79)84-71-73(72-85-77(76(81)82)83-70-69-78(3,4)5)86-75(80)68-66-64-62-60-58-56-54-52-50-47-27-25-23-21-19-17-15-13-11-9-7-2/h9,11,15,17,21,23,27,47,52,54,73,77H,6-8,10,12-14,16,18-20,22,24-26,28-46,48-51,53,55-72H2,1-5H3/p+1/b11-9-,17-15-,23-21-,47-27-,54-52-. The molecule has 0 aromatic rings. The number of quaternary nitrogens is 1. The molecule has 0 heterocycles. The van der Waals surface area contributed by atoms with E-state index >= 15 is 0 Å². The molecule has 0 spiro atoms. The summed E-state index contributed by atoms with van der Waals surface area (Å²) in [5, 5.41) is 9.74. The largest absolute Gasteiger partial charge is 0.477 e. The highest BCUT2D eigenvalue weighted by molar-refractivity contribution is 5.71. The summed E-state index contributed by atoms with van der Waals surface area (Å²) in [6.45, 7) is 4.79. The lowest BCUT2D eigenvalue weighted by atomic mass is 10.0. The summed E-state index contributed by atoms with van der Waals surface area (Å²) in [7, 11) is 5.97. The first-order valence-electron chi connectivity index (χ1n) is 37.0. The number of hydrogen-bond acceptors (Lipinski definition) is 7. The second kappa shape index (κ2) is 67.9. The first kappa shape index (κ1) is 83.0. The molecule has 9 nitrogen and oxygen atoms in total. The highest BCUT2D eigenvalue weighted by atomic mass is 16.7. The van der Waals surface area contributed by atoms with E-state index in [2.05, 4.69) is 74.6 Å². The Hall–Kier alpha value is -3.01. The molecule has 1 N–H and O–H groups in total. The minimum absolute atomic E-state index is 0.183. The Balaban J connectivity index is 3.95. The number of carbonyl (C=O) groups excluding carboxylic acids is 2. The third-order valence-corrected chi connectivity index (χ3v) is 16.5. The van der Waals surface area contributed by atoms with Crippen molar-refractivity contribution < 1.29 is 42.9 Å². The highest BCUT2D eigenvalue weighted by Crippen LogP contribution is 2.19. The van der Waals surface area contributed by atoms with E-state index in [1.807, 2.05) is 21.1 Å². The second-order valence-electron chi connectivity index (χ2n) is 26.2. The molecule has 0 aliphatic heterocycles. The Morgan fingerprint density at radius 2 is 0.663 bits per heavy atom. The fraction of sp³-hybridized carbons (Fsp3) is 0.831. The first-order chi connectivity index (χ1) is 42.1. The van der Waals surface area contributed by atoms with Crippen LogP contribution in [-0.2, 0) is 33.3 Å². The molecule has 502 valence electrons. The molecule has 2 unspecified atom stereocenters. The van der Waals surface area contributed by atoms with Crippen LogP contribution in [0.4, 0.5) is 0 Å². The number of rotatable bonds is 69. The van der Waals surface area contributed by atoms with Gasteiger partial charge in [-0.2, -0.15) is 0 Å². The molecule has 0 fully saturated rings. The van der Waals surface area contributed by atoms with Gasteiger partial charge in [0.2, 0.25) is 0 Å². The van der Waals surface area contributed by atoms with Crippen LogP contribution in [0.25, 0.3) is 0 Å². The number of allylic oxidation sites excluding steroid dienone is 10. The van der Waals surface area contributed by atoms with Crippen molar-refractivity contribution >= 4 is 17.9 Å². The number of aliphatic carboxylic acids is 1. The van der Waals surface area contributed by atoms with Gasteiger partial charge in [-0.15, -0.1) is 0 Å². The van der Waals surface area contributed by atoms with Gasteiger partial charge in [0.15, 0.2) is 6.10 Å². The van der Waals surface area contributed by atoms with Crippen LogP contribution < -0.4 is 0 Å². The number of carboxylic acids is 1. The van der Waals surface area contributed by atoms with Gasteiger partial charge in [-0.05, 0) is 57.8 Å². The van der Waals surface area contributed by atoms with Crippen molar-refractivity contribution in [1.29, 1.82) is 0 Å². The average Bonchev–Trinajstić information content (AvgIpc) is 3.64. The number of esters is 2. The average molecular weight is 1210 g/mol. The monoisotopic (exact) mass is 1210 g/mol. The van der Waals surface area contributed by atoms with Crippen molar-refractivity contribution in [3.05, 3.63) is 60.8 Å². The predicted octanol–water partition coefficient (Wildman–Crippen LogP) is 23.1. The summed E-state index contributed by atoms with van der Waals surface area (Å²) < 4.78 is 23.0. The van der Waals surface area contributed by atoms with E-state index in [1.54, 1.807) is 0 Å². The van der Waals surface area contributed by atoms with E-state index in [1.165, 1.54) is 238 Å². The minimum Gasteiger partial charge on any atom is -0.477 e. The Morgan fingerprint density at radius 3 is 0.988 bits per heavy atom. The number of ether oxygens (including phenoxy) is 4. The van der Waals surface area contributed by atoms with E-state index in [0.717, 1.165) is 83.5 Å². The van der Waals surface area contributed by atoms with Gasteiger partial charge in [0.05, 0.1) is 34.4 Å². The molecule has 0 radical (unpaired) electrons. The SMILES string of the molecule is CC/C=C\C/C=C\C/C=C\C/C=C\C/C=C\CCCCCCCC(=O)OC(COC(=O)CCCCCCCCCCCCCCCCCCCCCCCCCCCCCCCCCCCCCCCCCC)COC(OCC[N+](C)(C)C)C(=O)O. The van der Waals surface area contributed by atoms with Crippen LogP contribution in [-0.4, -0.2) is 87.4 Å². The van der Waals surface area contributed by atoms with Crippen LogP contribution in [0.3, 0.4) is 0 Å². The third-order valence-electron chi connectivity index (χ3n) is 16.5. The van der Waals surface area contributed by atoms with Crippen LogP contribution >= 0.6 is 0 Å². The van der Waals surface area contributed by atoms with E-state index in [4.69, 9.17) is 18.9 Å². The van der Waals surface area contributed by atoms with Crippen molar-refractivity contribution in [3.63, 3.8) is 0 Å². The van der Waals surface area contributed by atoms with Gasteiger partial charge < -0.3 is 28.5 Å². The second-order valence-corrected chi connectivity index (χ2v) is 26.2. The zero-order valence-corrected chi connectivity index (χ0v) is 57.5. The van der Waals surface area contributed by atoms with Gasteiger partial charge in [-0.25, -0.2) is 4.79 Å². The summed E-state index contributed by atoms with van der Waals surface area (Å²) in [5.41, 5.74) is 0. The lowest BCUT2D eigenvalue weighted by molar-refractivity contribution is -0.870. The summed E-state index contributed by atoms with van der Waals surface area (Å²) in [4.78, 5) is 37.6. The zero-order valence-electron chi connectivity index (χ0n) is 57.5. The van der Waals surface area contributed by atoms with Gasteiger partial charge >= 0.3 is 17.9 Å². The molecule has 0 aliphatic rings. The Bertz CT molecular complexity index is 1600. The van der Waals surface area contributed by atoms with Gasteiger partial charge in [0.25, 0.3) is 6.29 Å². The molecule has 0 saturated carbocycles. The molecule has 0 saturated heterocycles. The van der Waals surface area contributed by atoms with Crippen LogP contribution in [0.15, 0.2) is 60.8 Å². The Labute approximate surface area is 533 Å². The van der Waals surface area contributed by atoms with Crippen molar-refractivity contribution in [1.82, 2.24) is 0 Å². The van der Waals surface area contributed by atoms with Gasteiger partial charge in [0, 0.05) is 12.8 Å². The molecule has 0 amide bonds. The molecule has 0 bridgehead atoms. The van der Waals surface area contributed by atoms with E-state index in [-0.39, 0.29) is 32.2 Å². The van der Waals surface area contributed by atoms with E-state index in [9.17, 15) is 19.5 Å². The normalized spacial score (nSPS) is 13.0. The summed E-state index contributed by atoms with van der Waals surface area (Å²) >= 11 is 0. The fourth-order valence-electron chi connectivity index (χ4n) is 10.9. The number of hydrogen-bond donors (Lipinski definition) is 1. The summed E-state index contributed by atoms with van der Waals surface area (Å²) in [5.74, 6) is -2.02. The topological polar surface area (TPSA) is 108 Å². The smallest absolute Gasteiger partial charge is 0.361 e. The van der Waals surface area contributed by atoms with Crippen molar-refractivity contribution in [2.75, 3.05) is 47.5 Å². The maximum Gasteiger partial charge on any atom is 0.361 e. The molecule has 0 aromatic heterocycles. The number of unbranched alkanes of at least 4 members (excludes halogenated alkanes) is 44. The molecule has 0 aromatic carbocycles. The maximum absolute atomic E-state index is 12.9. The molecular weight excluding hydrogens is 1070 g/mol. The number of nitrogens with zero attached hydrogens (tertiary/aromatic N) is 1. The van der Waals surface area contributed by atoms with Crippen molar-refractivity contribution in [2.45, 2.75) is 367 Å². The van der Waals surface area contributed by atoms with E-state index < -0.39 is 24.3 Å². The number of carbonyl (C=O) groups is 3. The lowest BCUT2D eigenvalue weighted by Crippen LogP contribution is -2.40. The molecule has 2 atom stereocenters. The van der Waals surface area contributed by atoms with Gasteiger partial charge in [0.1, 0.15) is 13.2 Å². The summed E-state index contributed by atoms with van der Waals surface area (Å²) in [6, 6.07) is 0. The summed E-state index contributed by atoms with van der Waals surface area (Å²) in [6.07, 6.45) is 86.6. The quantitative estimate of drug-likeness (QED) is 0.0211. The first-order valence-corrected chi connectivity index (χ1v) is 37.0. The van der Waals surface area contributed by atoms with Crippen LogP contribution in [0.1, 0.15) is 354 Å². The van der Waals surface area contributed by atoms with Crippen molar-refractivity contribution in [3.8, 4) is 0 Å². The molecular formula is C77H142NO8+. The number of carboxylic acid groups (broad SMARTS) is 1. The third kappa shape index (κ3) is 68.5. The molecule has 9 heteroatoms. The number of likely N-dealkylation sites (N-methyl/N-ethyl adjacent to an activating group) is 1. The van der Waals surface area contributed by atoms with Crippen LogP contribution in [0.2, 0.25) is 0 Å². The highest BCUT2D eigenvalue weighted by Gasteiger charge is 2.25. The van der Waals surface area contributed by atoms with Crippen LogP contribution in [0.5, 0.6) is 0 Å². The zero-order chi connectivity index (χ0) is 62.6. The minimum atomic E-state index is -1.52. The van der Waals surface area contributed by atoms with Crippen LogP contribution in [0, 0.1) is 0 Å². The lowest BCUT2D eigenvalue weighted by Gasteiger charge is -2.25. The molecule has 0 rings (SSSR count). The van der Waals surface area contributed by atoms with Gasteiger partial charge in [-0.3, -0.25) is 9.59 Å². The van der Waals surface area contributed by atoms with Crippen molar-refractivity contribution in [2.24, 2.45) is 0 Å².